The van der Waals surface area contributed by atoms with Gasteiger partial charge in [-0.25, -0.2) is 13.1 Å². The van der Waals surface area contributed by atoms with Crippen LogP contribution in [0.2, 0.25) is 5.02 Å². The lowest BCUT2D eigenvalue weighted by Gasteiger charge is -2.21. The van der Waals surface area contributed by atoms with E-state index in [-0.39, 0.29) is 17.5 Å². The molecule has 0 unspecified atom stereocenters. The van der Waals surface area contributed by atoms with E-state index in [1.807, 2.05) is 49.4 Å². The minimum atomic E-state index is -3.59. The molecule has 1 atom stereocenters. The van der Waals surface area contributed by atoms with Crippen LogP contribution >= 0.6 is 11.6 Å². The summed E-state index contributed by atoms with van der Waals surface area (Å²) in [6, 6.07) is 23.6. The summed E-state index contributed by atoms with van der Waals surface area (Å²) in [6.45, 7) is 2.13. The van der Waals surface area contributed by atoms with Gasteiger partial charge in [-0.3, -0.25) is 0 Å². The standard InChI is InChI=1S/C21H21ClN2O2S/c1-16-7-13-20(14-8-16)27(25,26)23-15-21(17-5-3-2-4-6-17)24-19-11-9-18(22)10-12-19/h2-14,21,23-24H,15H2,1H3/t21-/m1/s1. The van der Waals surface area contributed by atoms with Gasteiger partial charge in [0.05, 0.1) is 10.9 Å². The van der Waals surface area contributed by atoms with Gasteiger partial charge in [-0.2, -0.15) is 0 Å². The lowest BCUT2D eigenvalue weighted by molar-refractivity contribution is 0.576. The molecule has 0 aliphatic heterocycles. The number of anilines is 1. The first-order valence-electron chi connectivity index (χ1n) is 8.57. The summed E-state index contributed by atoms with van der Waals surface area (Å²) in [5, 5.41) is 4.02. The molecule has 0 bridgehead atoms. The largest absolute Gasteiger partial charge is 0.377 e. The molecule has 27 heavy (non-hydrogen) atoms. The van der Waals surface area contributed by atoms with E-state index in [1.54, 1.807) is 36.4 Å². The van der Waals surface area contributed by atoms with E-state index in [0.717, 1.165) is 16.8 Å². The third-order valence-electron chi connectivity index (χ3n) is 4.20. The molecule has 0 aliphatic rings. The summed E-state index contributed by atoms with van der Waals surface area (Å²) in [7, 11) is -3.59. The van der Waals surface area contributed by atoms with E-state index in [4.69, 9.17) is 11.6 Å². The van der Waals surface area contributed by atoms with Gasteiger partial charge in [0.15, 0.2) is 0 Å². The van der Waals surface area contributed by atoms with Crippen LogP contribution in [0.15, 0.2) is 83.8 Å². The SMILES string of the molecule is Cc1ccc(S(=O)(=O)NC[C@@H](Nc2ccc(Cl)cc2)c2ccccc2)cc1. The fraction of sp³-hybridized carbons (Fsp3) is 0.143. The molecule has 0 saturated carbocycles. The number of benzene rings is 3. The van der Waals surface area contributed by atoms with E-state index in [9.17, 15) is 8.42 Å². The Bertz CT molecular complexity index is 973. The number of hydrogen-bond acceptors (Lipinski definition) is 3. The summed E-state index contributed by atoms with van der Waals surface area (Å²) in [5.41, 5.74) is 2.86. The topological polar surface area (TPSA) is 58.2 Å². The van der Waals surface area contributed by atoms with Gasteiger partial charge in [0, 0.05) is 17.3 Å². The summed E-state index contributed by atoms with van der Waals surface area (Å²) < 4.78 is 27.9. The maximum Gasteiger partial charge on any atom is 0.240 e. The highest BCUT2D eigenvalue weighted by atomic mass is 35.5. The molecule has 0 radical (unpaired) electrons. The van der Waals surface area contributed by atoms with Crippen molar-refractivity contribution in [2.24, 2.45) is 0 Å². The third-order valence-corrected chi connectivity index (χ3v) is 5.89. The highest BCUT2D eigenvalue weighted by Crippen LogP contribution is 2.21. The van der Waals surface area contributed by atoms with Gasteiger partial charge in [-0.05, 0) is 48.9 Å². The molecular weight excluding hydrogens is 380 g/mol. The lowest BCUT2D eigenvalue weighted by atomic mass is 10.1. The first-order valence-corrected chi connectivity index (χ1v) is 10.4. The normalized spacial score (nSPS) is 12.5. The zero-order valence-corrected chi connectivity index (χ0v) is 16.5. The highest BCUT2D eigenvalue weighted by molar-refractivity contribution is 7.89. The second kappa shape index (κ2) is 8.57. The van der Waals surface area contributed by atoms with Gasteiger partial charge in [0.25, 0.3) is 0 Å². The Morgan fingerprint density at radius 1 is 0.889 bits per heavy atom. The van der Waals surface area contributed by atoms with Crippen LogP contribution in [0.5, 0.6) is 0 Å². The minimum Gasteiger partial charge on any atom is -0.377 e. The average Bonchev–Trinajstić information content (AvgIpc) is 2.68. The molecule has 3 aromatic carbocycles. The Labute approximate surface area is 165 Å². The lowest BCUT2D eigenvalue weighted by Crippen LogP contribution is -2.31. The predicted octanol–water partition coefficient (Wildman–Crippen LogP) is 4.78. The molecule has 3 rings (SSSR count). The van der Waals surface area contributed by atoms with Crippen molar-refractivity contribution in [3.05, 3.63) is 95.0 Å². The van der Waals surface area contributed by atoms with Crippen LogP contribution < -0.4 is 10.0 Å². The zero-order chi connectivity index (χ0) is 19.3. The van der Waals surface area contributed by atoms with Gasteiger partial charge in [0.2, 0.25) is 10.0 Å². The first-order chi connectivity index (χ1) is 12.9. The second-order valence-corrected chi connectivity index (χ2v) is 8.48. The van der Waals surface area contributed by atoms with E-state index in [1.165, 1.54) is 0 Å². The molecule has 0 saturated heterocycles. The smallest absolute Gasteiger partial charge is 0.240 e. The molecule has 4 nitrogen and oxygen atoms in total. The molecule has 3 aromatic rings. The number of aryl methyl sites for hydroxylation is 1. The Morgan fingerprint density at radius 3 is 2.15 bits per heavy atom. The van der Waals surface area contributed by atoms with Crippen LogP contribution in [0.1, 0.15) is 17.2 Å². The van der Waals surface area contributed by atoms with Crippen molar-refractivity contribution < 1.29 is 8.42 Å². The quantitative estimate of drug-likeness (QED) is 0.600. The number of nitrogens with one attached hydrogen (secondary N) is 2. The number of rotatable bonds is 7. The Kier molecular flexibility index (Phi) is 6.16. The van der Waals surface area contributed by atoms with E-state index in [2.05, 4.69) is 10.0 Å². The summed E-state index contributed by atoms with van der Waals surface area (Å²) in [5.74, 6) is 0. The third kappa shape index (κ3) is 5.32. The van der Waals surface area contributed by atoms with Gasteiger partial charge < -0.3 is 5.32 Å². The average molecular weight is 401 g/mol. The van der Waals surface area contributed by atoms with Gasteiger partial charge >= 0.3 is 0 Å². The maximum absolute atomic E-state index is 12.6. The fourth-order valence-electron chi connectivity index (χ4n) is 2.68. The van der Waals surface area contributed by atoms with Crippen molar-refractivity contribution in [2.75, 3.05) is 11.9 Å². The van der Waals surface area contributed by atoms with E-state index in [0.29, 0.717) is 5.02 Å². The van der Waals surface area contributed by atoms with Crippen molar-refractivity contribution in [2.45, 2.75) is 17.9 Å². The monoisotopic (exact) mass is 400 g/mol. The summed E-state index contributed by atoms with van der Waals surface area (Å²) in [6.07, 6.45) is 0. The summed E-state index contributed by atoms with van der Waals surface area (Å²) >= 11 is 5.95. The van der Waals surface area contributed by atoms with Crippen LogP contribution in [-0.4, -0.2) is 15.0 Å². The Morgan fingerprint density at radius 2 is 1.52 bits per heavy atom. The van der Waals surface area contributed by atoms with Crippen molar-refractivity contribution >= 4 is 27.3 Å². The molecular formula is C21H21ClN2O2S. The second-order valence-electron chi connectivity index (χ2n) is 6.28. The van der Waals surface area contributed by atoms with Gasteiger partial charge in [0.1, 0.15) is 0 Å². The molecule has 2 N–H and O–H groups in total. The van der Waals surface area contributed by atoms with Gasteiger partial charge in [-0.15, -0.1) is 0 Å². The minimum absolute atomic E-state index is 0.211. The molecule has 140 valence electrons. The molecule has 0 spiro atoms. The van der Waals surface area contributed by atoms with Crippen LogP contribution in [0.25, 0.3) is 0 Å². The Hall–Kier alpha value is -2.34. The molecule has 0 heterocycles. The van der Waals surface area contributed by atoms with Crippen LogP contribution in [-0.2, 0) is 10.0 Å². The molecule has 0 fully saturated rings. The van der Waals surface area contributed by atoms with Crippen LogP contribution in [0.3, 0.4) is 0 Å². The maximum atomic E-state index is 12.6. The van der Waals surface area contributed by atoms with Gasteiger partial charge in [-0.1, -0.05) is 59.6 Å². The van der Waals surface area contributed by atoms with E-state index >= 15 is 0 Å². The molecule has 0 amide bonds. The summed E-state index contributed by atoms with van der Waals surface area (Å²) in [4.78, 5) is 0.256. The Balaban J connectivity index is 1.79. The fourth-order valence-corrected chi connectivity index (χ4v) is 3.85. The van der Waals surface area contributed by atoms with Crippen molar-refractivity contribution in [3.63, 3.8) is 0 Å². The predicted molar refractivity (Wildman–Crippen MR) is 111 cm³/mol. The molecule has 6 heteroatoms. The van der Waals surface area contributed by atoms with Crippen molar-refractivity contribution in [1.82, 2.24) is 4.72 Å². The van der Waals surface area contributed by atoms with E-state index < -0.39 is 10.0 Å². The van der Waals surface area contributed by atoms with Crippen LogP contribution in [0.4, 0.5) is 5.69 Å². The van der Waals surface area contributed by atoms with Crippen molar-refractivity contribution in [3.8, 4) is 0 Å². The molecule has 0 aliphatic carbocycles. The zero-order valence-electron chi connectivity index (χ0n) is 14.9. The number of halogens is 1. The first kappa shape index (κ1) is 19.4. The number of hydrogen-bond donors (Lipinski definition) is 2. The van der Waals surface area contributed by atoms with Crippen LogP contribution in [0, 0.1) is 6.92 Å². The highest BCUT2D eigenvalue weighted by Gasteiger charge is 2.18. The number of sulfonamides is 1. The van der Waals surface area contributed by atoms with Crippen molar-refractivity contribution in [1.29, 1.82) is 0 Å². The molecule has 0 aromatic heterocycles.